The zero-order valence-corrected chi connectivity index (χ0v) is 19.9. The number of likely N-dealkylation sites (tertiary alicyclic amines) is 1. The number of carbonyl (C=O) groups excluding carboxylic acids is 2. The quantitative estimate of drug-likeness (QED) is 0.239. The molecule has 0 aromatic heterocycles. The summed E-state index contributed by atoms with van der Waals surface area (Å²) >= 11 is 0. The molecule has 2 aromatic carbocycles. The monoisotopic (exact) mass is 466 g/mol. The number of ketones is 1. The van der Waals surface area contributed by atoms with E-state index in [9.17, 15) is 14.7 Å². The molecule has 0 saturated carbocycles. The fourth-order valence-electron chi connectivity index (χ4n) is 3.83. The third kappa shape index (κ3) is 5.07. The highest BCUT2D eigenvalue weighted by Crippen LogP contribution is 2.43. The van der Waals surface area contributed by atoms with E-state index in [0.29, 0.717) is 42.5 Å². The average Bonchev–Trinajstić information content (AvgIpc) is 3.10. The summed E-state index contributed by atoms with van der Waals surface area (Å²) in [6.45, 7) is 4.83. The van der Waals surface area contributed by atoms with Crippen LogP contribution in [-0.2, 0) is 9.59 Å². The van der Waals surface area contributed by atoms with Crippen molar-refractivity contribution in [2.75, 3.05) is 48.0 Å². The molecule has 1 heterocycles. The first-order valence-corrected chi connectivity index (χ1v) is 10.9. The van der Waals surface area contributed by atoms with E-state index in [1.165, 1.54) is 19.1 Å². The number of likely N-dealkylation sites (N-methyl/N-ethyl adjacent to an activating group) is 1. The van der Waals surface area contributed by atoms with Crippen LogP contribution >= 0.6 is 0 Å². The van der Waals surface area contributed by atoms with Crippen LogP contribution in [0.25, 0.3) is 5.76 Å². The Balaban J connectivity index is 2.16. The van der Waals surface area contributed by atoms with Crippen molar-refractivity contribution in [3.8, 4) is 17.2 Å². The van der Waals surface area contributed by atoms with Gasteiger partial charge in [-0.2, -0.15) is 0 Å². The second kappa shape index (κ2) is 10.9. The molecule has 1 fully saturated rings. The van der Waals surface area contributed by atoms with Gasteiger partial charge in [0.2, 0.25) is 5.78 Å². The molecule has 1 unspecified atom stereocenters. The summed E-state index contributed by atoms with van der Waals surface area (Å²) in [5.74, 6) is -0.476. The number of amides is 1. The van der Waals surface area contributed by atoms with Crippen molar-refractivity contribution in [3.05, 3.63) is 71.8 Å². The summed E-state index contributed by atoms with van der Waals surface area (Å²) in [6, 6.07) is 10.7. The number of ether oxygens (including phenoxy) is 3. The van der Waals surface area contributed by atoms with Gasteiger partial charge in [-0.3, -0.25) is 9.59 Å². The van der Waals surface area contributed by atoms with Crippen LogP contribution in [0.15, 0.2) is 60.7 Å². The number of hydrogen-bond acceptors (Lipinski definition) is 6. The van der Waals surface area contributed by atoms with Gasteiger partial charge in [0.1, 0.15) is 23.9 Å². The molecule has 1 saturated heterocycles. The molecule has 180 valence electrons. The Labute approximate surface area is 199 Å². The Morgan fingerprint density at radius 3 is 2.35 bits per heavy atom. The molecule has 34 heavy (non-hydrogen) atoms. The number of carbonyl (C=O) groups is 2. The van der Waals surface area contributed by atoms with Crippen molar-refractivity contribution < 1.29 is 33.8 Å². The second-order valence-electron chi connectivity index (χ2n) is 8.16. The summed E-state index contributed by atoms with van der Waals surface area (Å²) in [4.78, 5) is 28.8. The van der Waals surface area contributed by atoms with Crippen molar-refractivity contribution in [1.82, 2.24) is 4.90 Å². The number of benzene rings is 2. The smallest absolute Gasteiger partial charge is 0.295 e. The third-order valence-corrected chi connectivity index (χ3v) is 5.60. The maximum absolute atomic E-state index is 13.6. The zero-order valence-electron chi connectivity index (χ0n) is 19.9. The Morgan fingerprint density at radius 2 is 1.76 bits per heavy atom. The first-order valence-electron chi connectivity index (χ1n) is 10.9. The molecule has 0 aliphatic carbocycles. The van der Waals surface area contributed by atoms with E-state index in [1.54, 1.807) is 48.5 Å². The largest absolute Gasteiger partial charge is 0.872 e. The van der Waals surface area contributed by atoms with Crippen LogP contribution in [0, 0.1) is 0 Å². The van der Waals surface area contributed by atoms with Crippen molar-refractivity contribution in [2.45, 2.75) is 6.04 Å². The molecule has 1 amide bonds. The number of rotatable bonds is 10. The summed E-state index contributed by atoms with van der Waals surface area (Å²) in [7, 11) is 6.93. The lowest BCUT2D eigenvalue weighted by atomic mass is 9.94. The first kappa shape index (κ1) is 24.9. The van der Waals surface area contributed by atoms with E-state index in [1.807, 2.05) is 14.1 Å². The lowest BCUT2D eigenvalue weighted by molar-refractivity contribution is -0.857. The number of Topliss-reactive ketones (excluding diaryl/α,β-unsaturated/α-hetero) is 1. The maximum Gasteiger partial charge on any atom is 0.295 e. The summed E-state index contributed by atoms with van der Waals surface area (Å²) in [5, 5.41) is 13.6. The molecule has 1 aliphatic rings. The van der Waals surface area contributed by atoms with Crippen LogP contribution in [0.2, 0.25) is 0 Å². The van der Waals surface area contributed by atoms with Gasteiger partial charge in [-0.15, -0.1) is 0 Å². The molecule has 0 spiro atoms. The van der Waals surface area contributed by atoms with E-state index in [4.69, 9.17) is 14.2 Å². The van der Waals surface area contributed by atoms with E-state index >= 15 is 0 Å². The van der Waals surface area contributed by atoms with Gasteiger partial charge in [-0.05, 0) is 35.9 Å². The third-order valence-electron chi connectivity index (χ3n) is 5.60. The fraction of sp³-hybridized carbons (Fsp3) is 0.308. The Bertz CT molecular complexity index is 1090. The minimum absolute atomic E-state index is 0.106. The van der Waals surface area contributed by atoms with E-state index in [0.717, 1.165) is 4.90 Å². The first-order chi connectivity index (χ1) is 16.3. The standard InChI is InChI=1S/C26H30N2O6/c1-6-15-34-18-9-7-17(8-10-18)24(29)22-23(20-16-19(32-4)11-12-21(20)33-5)28(14-13-27(2)3)26(31)25(22)30/h6-12,16,23,29H,1,13-15H2,2-5H3. The predicted molar refractivity (Wildman–Crippen MR) is 126 cm³/mol. The predicted octanol–water partition coefficient (Wildman–Crippen LogP) is 0.637. The Hall–Kier alpha value is -3.78. The molecule has 1 N–H and O–H groups in total. The van der Waals surface area contributed by atoms with Crippen LogP contribution in [0.4, 0.5) is 0 Å². The molecular formula is C26H30N2O6. The lowest BCUT2D eigenvalue weighted by Gasteiger charge is -2.29. The van der Waals surface area contributed by atoms with Gasteiger partial charge >= 0.3 is 0 Å². The topological polar surface area (TPSA) is 92.6 Å². The molecule has 8 heteroatoms. The number of nitrogens with zero attached hydrogens (tertiary/aromatic N) is 1. The van der Waals surface area contributed by atoms with Crippen molar-refractivity contribution in [3.63, 3.8) is 0 Å². The highest BCUT2D eigenvalue weighted by Gasteiger charge is 2.45. The van der Waals surface area contributed by atoms with Gasteiger partial charge in [0.15, 0.2) is 0 Å². The van der Waals surface area contributed by atoms with Crippen molar-refractivity contribution in [1.29, 1.82) is 0 Å². The molecule has 1 aliphatic heterocycles. The van der Waals surface area contributed by atoms with E-state index < -0.39 is 23.5 Å². The summed E-state index contributed by atoms with van der Waals surface area (Å²) in [5.41, 5.74) is 0.697. The Kier molecular flexibility index (Phi) is 7.96. The van der Waals surface area contributed by atoms with E-state index in [2.05, 4.69) is 6.58 Å². The molecule has 0 bridgehead atoms. The molecular weight excluding hydrogens is 436 g/mol. The van der Waals surface area contributed by atoms with Gasteiger partial charge in [0.25, 0.3) is 5.91 Å². The SMILES string of the molecule is C=CCOc1ccc(C([O-])=C2C(=O)C(=O)N(CC[NH+](C)C)C2c2cc(OC)ccc2OC)cc1. The van der Waals surface area contributed by atoms with Crippen LogP contribution < -0.4 is 24.2 Å². The van der Waals surface area contributed by atoms with Crippen molar-refractivity contribution >= 4 is 17.4 Å². The number of quaternary nitrogens is 1. The highest BCUT2D eigenvalue weighted by atomic mass is 16.5. The second-order valence-corrected chi connectivity index (χ2v) is 8.16. The minimum atomic E-state index is -0.895. The minimum Gasteiger partial charge on any atom is -0.872 e. The molecule has 8 nitrogen and oxygen atoms in total. The fourth-order valence-corrected chi connectivity index (χ4v) is 3.83. The van der Waals surface area contributed by atoms with Crippen molar-refractivity contribution in [2.24, 2.45) is 0 Å². The average molecular weight is 467 g/mol. The summed E-state index contributed by atoms with van der Waals surface area (Å²) < 4.78 is 16.4. The number of methoxy groups -OCH3 is 2. The zero-order chi connectivity index (χ0) is 24.8. The molecule has 0 radical (unpaired) electrons. The molecule has 3 rings (SSSR count). The number of nitrogens with one attached hydrogen (secondary N) is 1. The van der Waals surface area contributed by atoms with E-state index in [-0.39, 0.29) is 11.1 Å². The highest BCUT2D eigenvalue weighted by molar-refractivity contribution is 6.46. The van der Waals surface area contributed by atoms with Crippen LogP contribution in [0.5, 0.6) is 17.2 Å². The van der Waals surface area contributed by atoms with Gasteiger partial charge in [-0.1, -0.05) is 30.5 Å². The van der Waals surface area contributed by atoms with Gasteiger partial charge in [0.05, 0.1) is 47.4 Å². The normalized spacial score (nSPS) is 17.2. The van der Waals surface area contributed by atoms with Gasteiger partial charge in [-0.25, -0.2) is 0 Å². The molecule has 2 aromatic rings. The van der Waals surface area contributed by atoms with Crippen LogP contribution in [-0.4, -0.2) is 64.6 Å². The van der Waals surface area contributed by atoms with Crippen LogP contribution in [0.3, 0.4) is 0 Å². The van der Waals surface area contributed by atoms with Gasteiger partial charge in [0, 0.05) is 11.1 Å². The van der Waals surface area contributed by atoms with Gasteiger partial charge < -0.3 is 29.1 Å². The molecule has 1 atom stereocenters. The summed E-state index contributed by atoms with van der Waals surface area (Å²) in [6.07, 6.45) is 1.62. The number of hydrogen-bond donors (Lipinski definition) is 1. The maximum atomic E-state index is 13.6. The lowest BCUT2D eigenvalue weighted by Crippen LogP contribution is -3.06. The Morgan fingerprint density at radius 1 is 1.09 bits per heavy atom. The van der Waals surface area contributed by atoms with Crippen LogP contribution in [0.1, 0.15) is 17.2 Å².